The lowest BCUT2D eigenvalue weighted by atomic mass is 9.78. The van der Waals surface area contributed by atoms with E-state index in [4.69, 9.17) is 16.3 Å². The van der Waals surface area contributed by atoms with Crippen LogP contribution in [0.4, 0.5) is 0 Å². The zero-order valence-electron chi connectivity index (χ0n) is 9.22. The summed E-state index contributed by atoms with van der Waals surface area (Å²) in [6.07, 6.45) is 5.14. The summed E-state index contributed by atoms with van der Waals surface area (Å²) in [4.78, 5) is 22.4. The van der Waals surface area contributed by atoms with E-state index in [0.717, 1.165) is 25.7 Å². The van der Waals surface area contributed by atoms with E-state index in [-0.39, 0.29) is 5.92 Å². The molecule has 1 saturated carbocycles. The second-order valence-corrected chi connectivity index (χ2v) is 4.65. The minimum atomic E-state index is -1.13. The van der Waals surface area contributed by atoms with Gasteiger partial charge >= 0.3 is 5.97 Å². The molecular weight excluding hydrogens is 216 g/mol. The minimum absolute atomic E-state index is 0.0696. The normalized spacial score (nSPS) is 21.8. The van der Waals surface area contributed by atoms with E-state index in [1.807, 2.05) is 0 Å². The zero-order valence-corrected chi connectivity index (χ0v) is 9.97. The van der Waals surface area contributed by atoms with E-state index in [9.17, 15) is 9.59 Å². The van der Waals surface area contributed by atoms with Crippen LogP contribution in [0, 0.1) is 5.92 Å². The fourth-order valence-corrected chi connectivity index (χ4v) is 2.43. The molecule has 0 aromatic carbocycles. The average Bonchev–Trinajstić information content (AvgIpc) is 2.17. The van der Waals surface area contributed by atoms with E-state index in [0.29, 0.717) is 0 Å². The van der Waals surface area contributed by atoms with Gasteiger partial charge in [-0.15, -0.1) is 0 Å². The molecule has 0 saturated heterocycles. The third kappa shape index (κ3) is 2.94. The van der Waals surface area contributed by atoms with Crippen molar-refractivity contribution in [2.45, 2.75) is 51.6 Å². The Morgan fingerprint density at radius 3 is 2.20 bits per heavy atom. The number of hydrogen-bond donors (Lipinski definition) is 0. The minimum Gasteiger partial charge on any atom is -0.450 e. The van der Waals surface area contributed by atoms with Gasteiger partial charge in [-0.3, -0.25) is 9.59 Å². The van der Waals surface area contributed by atoms with Gasteiger partial charge in [0.05, 0.1) is 0 Å². The van der Waals surface area contributed by atoms with E-state index in [1.165, 1.54) is 13.3 Å². The van der Waals surface area contributed by atoms with Crippen molar-refractivity contribution in [3.8, 4) is 0 Å². The predicted molar refractivity (Wildman–Crippen MR) is 57.6 cm³/mol. The molecule has 0 aliphatic heterocycles. The van der Waals surface area contributed by atoms with Crippen LogP contribution in [0.25, 0.3) is 0 Å². The first-order valence-corrected chi connectivity index (χ1v) is 5.74. The average molecular weight is 233 g/mol. The molecule has 0 bridgehead atoms. The van der Waals surface area contributed by atoms with E-state index in [2.05, 4.69) is 0 Å². The number of hydrogen-bond acceptors (Lipinski definition) is 3. The van der Waals surface area contributed by atoms with Crippen molar-refractivity contribution in [3.05, 3.63) is 0 Å². The molecule has 86 valence electrons. The second-order valence-electron chi connectivity index (χ2n) is 4.31. The molecule has 15 heavy (non-hydrogen) atoms. The molecule has 3 nitrogen and oxygen atoms in total. The molecule has 0 N–H and O–H groups in total. The van der Waals surface area contributed by atoms with Crippen LogP contribution < -0.4 is 0 Å². The zero-order chi connectivity index (χ0) is 11.5. The van der Waals surface area contributed by atoms with Gasteiger partial charge in [-0.05, 0) is 31.4 Å². The van der Waals surface area contributed by atoms with Gasteiger partial charge in [0, 0.05) is 12.8 Å². The van der Waals surface area contributed by atoms with Crippen LogP contribution in [0.5, 0.6) is 0 Å². The number of esters is 1. The van der Waals surface area contributed by atoms with Crippen molar-refractivity contribution >= 4 is 22.8 Å². The SMILES string of the molecule is CC(=O)OC(C)(C(=O)Cl)C1CCCCC1. The van der Waals surface area contributed by atoms with Crippen molar-refractivity contribution < 1.29 is 14.3 Å². The van der Waals surface area contributed by atoms with Crippen molar-refractivity contribution in [1.29, 1.82) is 0 Å². The fourth-order valence-electron chi connectivity index (χ4n) is 2.24. The summed E-state index contributed by atoms with van der Waals surface area (Å²) < 4.78 is 5.12. The van der Waals surface area contributed by atoms with Crippen LogP contribution in [-0.4, -0.2) is 16.8 Å². The molecule has 1 rings (SSSR count). The predicted octanol–water partition coefficient (Wildman–Crippen LogP) is 2.65. The lowest BCUT2D eigenvalue weighted by molar-refractivity contribution is -0.167. The quantitative estimate of drug-likeness (QED) is 0.555. The summed E-state index contributed by atoms with van der Waals surface area (Å²) in [5, 5.41) is -0.565. The van der Waals surface area contributed by atoms with Crippen molar-refractivity contribution in [1.82, 2.24) is 0 Å². The van der Waals surface area contributed by atoms with Gasteiger partial charge in [0.1, 0.15) is 0 Å². The number of carbonyl (C=O) groups is 2. The highest BCUT2D eigenvalue weighted by atomic mass is 35.5. The van der Waals surface area contributed by atoms with Crippen LogP contribution >= 0.6 is 11.6 Å². The second kappa shape index (κ2) is 4.97. The molecule has 1 fully saturated rings. The molecule has 1 atom stereocenters. The monoisotopic (exact) mass is 232 g/mol. The first kappa shape index (κ1) is 12.5. The lowest BCUT2D eigenvalue weighted by Crippen LogP contribution is -2.45. The molecule has 0 aromatic heterocycles. The van der Waals surface area contributed by atoms with E-state index < -0.39 is 16.8 Å². The van der Waals surface area contributed by atoms with Crippen LogP contribution in [0.3, 0.4) is 0 Å². The highest BCUT2D eigenvalue weighted by Crippen LogP contribution is 2.36. The smallest absolute Gasteiger partial charge is 0.303 e. The summed E-state index contributed by atoms with van der Waals surface area (Å²) in [7, 11) is 0. The maximum atomic E-state index is 11.4. The van der Waals surface area contributed by atoms with Crippen molar-refractivity contribution in [2.24, 2.45) is 5.92 Å². The maximum Gasteiger partial charge on any atom is 0.303 e. The lowest BCUT2D eigenvalue weighted by Gasteiger charge is -2.35. The molecule has 0 heterocycles. The summed E-state index contributed by atoms with van der Waals surface area (Å²) in [6, 6.07) is 0. The third-order valence-electron chi connectivity index (χ3n) is 3.13. The summed E-state index contributed by atoms with van der Waals surface area (Å²) in [5.41, 5.74) is -1.13. The fraction of sp³-hybridized carbons (Fsp3) is 0.818. The molecule has 1 unspecified atom stereocenters. The highest BCUT2D eigenvalue weighted by molar-refractivity contribution is 6.65. The van der Waals surface area contributed by atoms with Gasteiger partial charge in [0.25, 0.3) is 5.24 Å². The van der Waals surface area contributed by atoms with Gasteiger partial charge in [0.2, 0.25) is 0 Å². The summed E-state index contributed by atoms with van der Waals surface area (Å²) >= 11 is 5.55. The Bertz CT molecular complexity index is 259. The van der Waals surface area contributed by atoms with Gasteiger partial charge < -0.3 is 4.74 Å². The summed E-state index contributed by atoms with van der Waals surface area (Å²) in [5.74, 6) is -0.378. The third-order valence-corrected chi connectivity index (χ3v) is 3.51. The maximum absolute atomic E-state index is 11.4. The van der Waals surface area contributed by atoms with Gasteiger partial charge in [-0.25, -0.2) is 0 Å². The highest BCUT2D eigenvalue weighted by Gasteiger charge is 2.43. The number of halogens is 1. The Morgan fingerprint density at radius 1 is 1.27 bits per heavy atom. The Morgan fingerprint density at radius 2 is 1.80 bits per heavy atom. The molecule has 0 spiro atoms. The first-order chi connectivity index (χ1) is 6.97. The van der Waals surface area contributed by atoms with Crippen molar-refractivity contribution in [3.63, 3.8) is 0 Å². The molecule has 4 heteroatoms. The molecule has 1 aliphatic rings. The van der Waals surface area contributed by atoms with E-state index >= 15 is 0 Å². The van der Waals surface area contributed by atoms with Crippen molar-refractivity contribution in [2.75, 3.05) is 0 Å². The molecular formula is C11H17ClO3. The Kier molecular flexibility index (Phi) is 4.14. The number of carbonyl (C=O) groups excluding carboxylic acids is 2. The Balaban J connectivity index is 2.78. The Hall–Kier alpha value is -0.570. The standard InChI is InChI=1S/C11H17ClO3/c1-8(13)15-11(2,10(12)14)9-6-4-3-5-7-9/h9H,3-7H2,1-2H3. The summed E-state index contributed by atoms with van der Waals surface area (Å²) in [6.45, 7) is 2.93. The van der Waals surface area contributed by atoms with Gasteiger partial charge in [-0.2, -0.15) is 0 Å². The molecule has 0 amide bonds. The van der Waals surface area contributed by atoms with Crippen LogP contribution in [0.2, 0.25) is 0 Å². The molecule has 0 aromatic rings. The van der Waals surface area contributed by atoms with Crippen LogP contribution in [0.15, 0.2) is 0 Å². The van der Waals surface area contributed by atoms with Crippen LogP contribution in [0.1, 0.15) is 46.0 Å². The number of rotatable bonds is 3. The first-order valence-electron chi connectivity index (χ1n) is 5.36. The Labute approximate surface area is 95.1 Å². The van der Waals surface area contributed by atoms with E-state index in [1.54, 1.807) is 6.92 Å². The molecule has 1 aliphatic carbocycles. The largest absolute Gasteiger partial charge is 0.450 e. The van der Waals surface area contributed by atoms with Gasteiger partial charge in [0.15, 0.2) is 5.60 Å². The molecule has 0 radical (unpaired) electrons. The topological polar surface area (TPSA) is 43.4 Å². The van der Waals surface area contributed by atoms with Crippen LogP contribution in [-0.2, 0) is 14.3 Å². The van der Waals surface area contributed by atoms with Gasteiger partial charge in [-0.1, -0.05) is 19.3 Å². The number of ether oxygens (including phenoxy) is 1.